The van der Waals surface area contributed by atoms with E-state index in [1.54, 1.807) is 36.1 Å². The van der Waals surface area contributed by atoms with Crippen LogP contribution >= 0.6 is 34.4 Å². The molecule has 132 valence electrons. The summed E-state index contributed by atoms with van der Waals surface area (Å²) in [7, 11) is 0. The van der Waals surface area contributed by atoms with Crippen molar-refractivity contribution in [3.8, 4) is 10.6 Å². The maximum atomic E-state index is 12.9. The van der Waals surface area contributed by atoms with Gasteiger partial charge in [-0.1, -0.05) is 41.2 Å². The van der Waals surface area contributed by atoms with E-state index >= 15 is 0 Å². The van der Waals surface area contributed by atoms with Crippen LogP contribution in [0.3, 0.4) is 0 Å². The zero-order valence-electron chi connectivity index (χ0n) is 13.8. The van der Waals surface area contributed by atoms with E-state index in [2.05, 4.69) is 25.7 Å². The van der Waals surface area contributed by atoms with E-state index in [4.69, 9.17) is 4.52 Å². The normalized spacial score (nSPS) is 11.2. The number of pyridine rings is 1. The molecule has 0 aromatic carbocycles. The van der Waals surface area contributed by atoms with Gasteiger partial charge in [0.1, 0.15) is 0 Å². The molecule has 7 nitrogen and oxygen atoms in total. The molecule has 4 aromatic heterocycles. The summed E-state index contributed by atoms with van der Waals surface area (Å²) >= 11 is 4.48. The third-order valence-corrected chi connectivity index (χ3v) is 6.28. The molecule has 0 radical (unpaired) electrons. The van der Waals surface area contributed by atoms with E-state index in [0.29, 0.717) is 33.2 Å². The Morgan fingerprint density at radius 2 is 2.27 bits per heavy atom. The van der Waals surface area contributed by atoms with Gasteiger partial charge in [-0.25, -0.2) is 4.98 Å². The van der Waals surface area contributed by atoms with Crippen molar-refractivity contribution in [3.63, 3.8) is 0 Å². The summed E-state index contributed by atoms with van der Waals surface area (Å²) in [5.41, 5.74) is 2.10. The third-order valence-electron chi connectivity index (χ3n) is 3.53. The molecule has 0 bridgehead atoms. The average Bonchev–Trinajstić information content (AvgIpc) is 3.37. The molecule has 0 saturated carbocycles. The predicted octanol–water partition coefficient (Wildman–Crippen LogP) is 4.48. The highest BCUT2D eigenvalue weighted by Crippen LogP contribution is 2.30. The average molecular weight is 404 g/mol. The highest BCUT2D eigenvalue weighted by molar-refractivity contribution is 8.01. The largest absolute Gasteiger partial charge is 0.335 e. The number of thiophene rings is 1. The summed E-state index contributed by atoms with van der Waals surface area (Å²) in [5, 5.41) is 17.9. The van der Waals surface area contributed by atoms with Crippen molar-refractivity contribution in [3.05, 3.63) is 34.8 Å². The number of hydrogen-bond acceptors (Lipinski definition) is 9. The molecule has 1 amide bonds. The Kier molecular flexibility index (Phi) is 4.70. The minimum absolute atomic E-state index is 0.286. The van der Waals surface area contributed by atoms with Crippen LogP contribution in [0.25, 0.3) is 21.7 Å². The zero-order valence-corrected chi connectivity index (χ0v) is 16.3. The molecule has 0 spiro atoms. The molecule has 4 rings (SSSR count). The lowest BCUT2D eigenvalue weighted by atomic mass is 10.1. The minimum atomic E-state index is -0.286. The van der Waals surface area contributed by atoms with E-state index < -0.39 is 0 Å². The lowest BCUT2D eigenvalue weighted by Gasteiger charge is -2.05. The van der Waals surface area contributed by atoms with Crippen LogP contribution in [0.2, 0.25) is 0 Å². The van der Waals surface area contributed by atoms with Crippen molar-refractivity contribution in [2.24, 2.45) is 0 Å². The number of carbonyl (C=O) groups is 1. The van der Waals surface area contributed by atoms with Crippen LogP contribution in [-0.4, -0.2) is 32.0 Å². The monoisotopic (exact) mass is 403 g/mol. The molecule has 26 heavy (non-hydrogen) atoms. The molecule has 4 heterocycles. The first-order valence-corrected chi connectivity index (χ1v) is 10.4. The Labute approximate surface area is 160 Å². The van der Waals surface area contributed by atoms with Crippen LogP contribution in [0.1, 0.15) is 23.0 Å². The smallest absolute Gasteiger partial charge is 0.259 e. The molecule has 0 atom stereocenters. The fraction of sp³-hybridized carbons (Fsp3) is 0.188. The number of nitrogens with one attached hydrogen (secondary N) is 1. The second-order valence-corrected chi connectivity index (χ2v) is 8.68. The van der Waals surface area contributed by atoms with Crippen LogP contribution in [0.4, 0.5) is 5.13 Å². The van der Waals surface area contributed by atoms with E-state index in [-0.39, 0.29) is 5.91 Å². The van der Waals surface area contributed by atoms with Gasteiger partial charge in [-0.3, -0.25) is 10.1 Å². The first-order chi connectivity index (χ1) is 12.7. The van der Waals surface area contributed by atoms with E-state index in [9.17, 15) is 4.79 Å². The maximum Gasteiger partial charge on any atom is 0.259 e. The molecular weight excluding hydrogens is 390 g/mol. The lowest BCUT2D eigenvalue weighted by Crippen LogP contribution is -2.13. The van der Waals surface area contributed by atoms with Crippen LogP contribution < -0.4 is 5.32 Å². The van der Waals surface area contributed by atoms with Gasteiger partial charge in [0.25, 0.3) is 11.6 Å². The van der Waals surface area contributed by atoms with E-state index in [0.717, 1.165) is 15.0 Å². The number of aromatic nitrogens is 4. The quantitative estimate of drug-likeness (QED) is 0.388. The van der Waals surface area contributed by atoms with Crippen LogP contribution in [0, 0.1) is 6.92 Å². The lowest BCUT2D eigenvalue weighted by molar-refractivity contribution is 0.102. The number of anilines is 1. The summed E-state index contributed by atoms with van der Waals surface area (Å²) in [6, 6.07) is 5.64. The Hall–Kier alpha value is -2.30. The van der Waals surface area contributed by atoms with Gasteiger partial charge in [0, 0.05) is 0 Å². The number of fused-ring (bicyclic) bond motifs is 1. The molecule has 4 aromatic rings. The van der Waals surface area contributed by atoms with Crippen LogP contribution in [-0.2, 0) is 0 Å². The van der Waals surface area contributed by atoms with Gasteiger partial charge in [-0.2, -0.15) is 0 Å². The third kappa shape index (κ3) is 3.22. The number of thioether (sulfide) groups is 1. The van der Waals surface area contributed by atoms with Crippen molar-refractivity contribution in [1.82, 2.24) is 20.3 Å². The van der Waals surface area contributed by atoms with Gasteiger partial charge in [0.15, 0.2) is 4.34 Å². The second kappa shape index (κ2) is 7.14. The number of nitrogens with zero attached hydrogens (tertiary/aromatic N) is 4. The number of rotatable bonds is 5. The van der Waals surface area contributed by atoms with Crippen LogP contribution in [0.15, 0.2) is 32.4 Å². The first-order valence-electron chi connectivity index (χ1n) is 7.74. The highest BCUT2D eigenvalue weighted by Gasteiger charge is 2.20. The van der Waals surface area contributed by atoms with Crippen LogP contribution in [0.5, 0.6) is 0 Å². The standard InChI is InChI=1S/C16H13N5O2S3/c1-3-24-16-20-19-15(26-16)18-13(22)9-7-10(11-5-4-6-25-11)17-14-12(9)8(2)21-23-14/h4-7H,3H2,1-2H3,(H,18,19,22). The fourth-order valence-electron chi connectivity index (χ4n) is 2.43. The molecule has 10 heteroatoms. The molecule has 0 unspecified atom stereocenters. The van der Waals surface area contributed by atoms with Crippen molar-refractivity contribution in [1.29, 1.82) is 0 Å². The highest BCUT2D eigenvalue weighted by atomic mass is 32.2. The molecule has 0 aliphatic carbocycles. The Balaban J connectivity index is 1.73. The summed E-state index contributed by atoms with van der Waals surface area (Å²) < 4.78 is 6.12. The van der Waals surface area contributed by atoms with Crippen molar-refractivity contribution in [2.75, 3.05) is 11.1 Å². The predicted molar refractivity (Wildman–Crippen MR) is 104 cm³/mol. The fourth-order valence-corrected chi connectivity index (χ4v) is 4.76. The number of aryl methyl sites for hydroxylation is 1. The number of hydrogen-bond donors (Lipinski definition) is 1. The summed E-state index contributed by atoms with van der Waals surface area (Å²) in [4.78, 5) is 18.3. The Morgan fingerprint density at radius 3 is 3.04 bits per heavy atom. The minimum Gasteiger partial charge on any atom is -0.335 e. The van der Waals surface area contributed by atoms with Gasteiger partial charge in [-0.05, 0) is 30.2 Å². The van der Waals surface area contributed by atoms with E-state index in [1.807, 2.05) is 24.4 Å². The number of carbonyl (C=O) groups excluding carboxylic acids is 1. The zero-order chi connectivity index (χ0) is 18.1. The van der Waals surface area contributed by atoms with Crippen molar-refractivity contribution in [2.45, 2.75) is 18.2 Å². The second-order valence-electron chi connectivity index (χ2n) is 5.24. The SMILES string of the molecule is CCSc1nnc(NC(=O)c2cc(-c3cccs3)nc3onc(C)c23)s1. The van der Waals surface area contributed by atoms with Crippen molar-refractivity contribution < 1.29 is 9.32 Å². The van der Waals surface area contributed by atoms with Gasteiger partial charge in [0.05, 0.1) is 27.2 Å². The molecule has 1 N–H and O–H groups in total. The Morgan fingerprint density at radius 1 is 1.38 bits per heavy atom. The molecule has 0 aliphatic rings. The number of amides is 1. The van der Waals surface area contributed by atoms with Gasteiger partial charge >= 0.3 is 0 Å². The first kappa shape index (κ1) is 17.1. The maximum absolute atomic E-state index is 12.9. The molecule has 0 aliphatic heterocycles. The van der Waals surface area contributed by atoms with E-state index in [1.165, 1.54) is 11.3 Å². The van der Waals surface area contributed by atoms with Gasteiger partial charge in [0.2, 0.25) is 5.13 Å². The summed E-state index contributed by atoms with van der Waals surface area (Å²) in [6.45, 7) is 3.83. The molecule has 0 fully saturated rings. The summed E-state index contributed by atoms with van der Waals surface area (Å²) in [5.74, 6) is 0.614. The molecule has 0 saturated heterocycles. The van der Waals surface area contributed by atoms with Gasteiger partial charge in [-0.15, -0.1) is 21.5 Å². The molecular formula is C16H13N5O2S3. The summed E-state index contributed by atoms with van der Waals surface area (Å²) in [6.07, 6.45) is 0. The van der Waals surface area contributed by atoms with Crippen molar-refractivity contribution >= 4 is 56.6 Å². The topological polar surface area (TPSA) is 93.8 Å². The van der Waals surface area contributed by atoms with Gasteiger partial charge < -0.3 is 4.52 Å². The Bertz CT molecular complexity index is 1070.